The van der Waals surface area contributed by atoms with E-state index in [-0.39, 0.29) is 12.8 Å². The van der Waals surface area contributed by atoms with Gasteiger partial charge in [-0.3, -0.25) is 4.68 Å². The molecule has 1 aromatic rings. The Morgan fingerprint density at radius 3 is 2.50 bits per heavy atom. The van der Waals surface area contributed by atoms with Crippen LogP contribution in [0, 0.1) is 5.92 Å². The van der Waals surface area contributed by atoms with Crippen LogP contribution in [0.3, 0.4) is 0 Å². The molecule has 0 saturated heterocycles. The number of alkyl halides is 3. The van der Waals surface area contributed by atoms with Crippen molar-refractivity contribution < 1.29 is 13.2 Å². The van der Waals surface area contributed by atoms with E-state index in [4.69, 9.17) is 5.73 Å². The molecule has 0 bridgehead atoms. The molecule has 0 radical (unpaired) electrons. The van der Waals surface area contributed by atoms with Gasteiger partial charge in [-0.05, 0) is 32.6 Å². The Hall–Kier alpha value is -1.04. The largest absolute Gasteiger partial charge is 0.391 e. The van der Waals surface area contributed by atoms with Crippen LogP contribution < -0.4 is 5.73 Å². The van der Waals surface area contributed by atoms with E-state index in [1.54, 1.807) is 10.9 Å². The third-order valence-electron chi connectivity index (χ3n) is 3.87. The first kappa shape index (κ1) is 13.4. The Labute approximate surface area is 104 Å². The summed E-state index contributed by atoms with van der Waals surface area (Å²) < 4.78 is 39.5. The molecular weight excluding hydrogens is 243 g/mol. The third kappa shape index (κ3) is 2.53. The number of aromatic nitrogens is 2. The van der Waals surface area contributed by atoms with Gasteiger partial charge in [0, 0.05) is 23.8 Å². The van der Waals surface area contributed by atoms with Gasteiger partial charge in [0.05, 0.1) is 12.1 Å². The zero-order valence-corrected chi connectivity index (χ0v) is 10.4. The molecule has 0 amide bonds. The van der Waals surface area contributed by atoms with Gasteiger partial charge in [-0.15, -0.1) is 0 Å². The molecule has 3 nitrogen and oxygen atoms in total. The van der Waals surface area contributed by atoms with E-state index in [9.17, 15) is 13.2 Å². The van der Waals surface area contributed by atoms with Gasteiger partial charge in [-0.2, -0.15) is 18.3 Å². The molecule has 1 heterocycles. The molecule has 1 aromatic heterocycles. The topological polar surface area (TPSA) is 43.8 Å². The van der Waals surface area contributed by atoms with Gasteiger partial charge in [0.2, 0.25) is 0 Å². The summed E-state index contributed by atoms with van der Waals surface area (Å²) in [6.45, 7) is 2.70. The third-order valence-corrected chi connectivity index (χ3v) is 3.87. The summed E-state index contributed by atoms with van der Waals surface area (Å²) in [5, 5.41) is 4.14. The second kappa shape index (κ2) is 4.57. The molecule has 1 fully saturated rings. The highest BCUT2D eigenvalue weighted by atomic mass is 19.4. The van der Waals surface area contributed by atoms with Gasteiger partial charge in [0.15, 0.2) is 0 Å². The van der Waals surface area contributed by atoms with Gasteiger partial charge in [0.25, 0.3) is 0 Å². The van der Waals surface area contributed by atoms with Crippen LogP contribution in [-0.2, 0) is 12.1 Å². The molecule has 0 spiro atoms. The van der Waals surface area contributed by atoms with E-state index >= 15 is 0 Å². The Balaban J connectivity index is 2.07. The van der Waals surface area contributed by atoms with Crippen LogP contribution in [0.4, 0.5) is 13.2 Å². The summed E-state index contributed by atoms with van der Waals surface area (Å²) in [4.78, 5) is 0. The van der Waals surface area contributed by atoms with Gasteiger partial charge < -0.3 is 5.73 Å². The van der Waals surface area contributed by atoms with E-state index in [0.717, 1.165) is 12.1 Å². The number of nitrogens with zero attached hydrogens (tertiary/aromatic N) is 2. The van der Waals surface area contributed by atoms with Crippen LogP contribution in [0.5, 0.6) is 0 Å². The molecule has 0 aromatic carbocycles. The smallest absolute Gasteiger partial charge is 0.321 e. The lowest BCUT2D eigenvalue weighted by molar-refractivity contribution is -0.184. The van der Waals surface area contributed by atoms with E-state index in [1.165, 1.54) is 0 Å². The number of hydrogen-bond donors (Lipinski definition) is 1. The molecule has 0 atom stereocenters. The minimum atomic E-state index is -4.09. The van der Waals surface area contributed by atoms with Crippen molar-refractivity contribution >= 4 is 0 Å². The Kier molecular flexibility index (Phi) is 3.40. The lowest BCUT2D eigenvalue weighted by Gasteiger charge is -2.37. The molecule has 1 saturated carbocycles. The standard InChI is InChI=1S/C12H18F3N3/c1-2-18-8-10(7-17-18)11(16)5-3-9(4-6-11)12(13,14)15/h7-9H,2-6,16H2,1H3. The van der Waals surface area contributed by atoms with Crippen LogP contribution in [0.1, 0.15) is 38.2 Å². The maximum atomic E-state index is 12.6. The average molecular weight is 261 g/mol. The predicted molar refractivity (Wildman–Crippen MR) is 61.8 cm³/mol. The number of nitrogens with two attached hydrogens (primary N) is 1. The molecule has 0 aliphatic heterocycles. The lowest BCUT2D eigenvalue weighted by Crippen LogP contribution is -2.42. The fraction of sp³-hybridized carbons (Fsp3) is 0.750. The fourth-order valence-electron chi connectivity index (χ4n) is 2.54. The van der Waals surface area contributed by atoms with Crippen molar-refractivity contribution in [1.29, 1.82) is 0 Å². The second-order valence-electron chi connectivity index (χ2n) is 5.06. The number of aryl methyl sites for hydroxylation is 1. The average Bonchev–Trinajstić information content (AvgIpc) is 2.77. The van der Waals surface area contributed by atoms with Crippen molar-refractivity contribution in [3.8, 4) is 0 Å². The zero-order valence-electron chi connectivity index (χ0n) is 10.4. The lowest BCUT2D eigenvalue weighted by atomic mass is 9.74. The van der Waals surface area contributed by atoms with Crippen LogP contribution in [0.15, 0.2) is 12.4 Å². The number of rotatable bonds is 2. The monoisotopic (exact) mass is 261 g/mol. The molecule has 2 N–H and O–H groups in total. The molecule has 0 unspecified atom stereocenters. The SMILES string of the molecule is CCn1cc(C2(N)CCC(C(F)(F)F)CC2)cn1. The highest BCUT2D eigenvalue weighted by Crippen LogP contribution is 2.43. The summed E-state index contributed by atoms with van der Waals surface area (Å²) in [6.07, 6.45) is 0.383. The number of hydrogen-bond acceptors (Lipinski definition) is 2. The summed E-state index contributed by atoms with van der Waals surface area (Å²) >= 11 is 0. The van der Waals surface area contributed by atoms with E-state index < -0.39 is 17.6 Å². The maximum Gasteiger partial charge on any atom is 0.391 e. The molecular formula is C12H18F3N3. The Morgan fingerprint density at radius 2 is 2.06 bits per heavy atom. The first-order chi connectivity index (χ1) is 8.35. The Morgan fingerprint density at radius 1 is 1.44 bits per heavy atom. The summed E-state index contributed by atoms with van der Waals surface area (Å²) in [7, 11) is 0. The maximum absolute atomic E-state index is 12.6. The predicted octanol–water partition coefficient (Wildman–Crippen LogP) is 2.81. The normalized spacial score (nSPS) is 29.5. The molecule has 6 heteroatoms. The van der Waals surface area contributed by atoms with Crippen molar-refractivity contribution in [2.75, 3.05) is 0 Å². The van der Waals surface area contributed by atoms with Crippen molar-refractivity contribution in [3.63, 3.8) is 0 Å². The summed E-state index contributed by atoms with van der Waals surface area (Å²) in [5.41, 5.74) is 6.44. The van der Waals surface area contributed by atoms with Crippen LogP contribution in [0.2, 0.25) is 0 Å². The molecule has 1 aliphatic carbocycles. The van der Waals surface area contributed by atoms with Crippen LogP contribution in [-0.4, -0.2) is 16.0 Å². The highest BCUT2D eigenvalue weighted by Gasteiger charge is 2.45. The molecule has 18 heavy (non-hydrogen) atoms. The quantitative estimate of drug-likeness (QED) is 0.889. The molecule has 102 valence electrons. The van der Waals surface area contributed by atoms with Gasteiger partial charge in [-0.1, -0.05) is 0 Å². The highest BCUT2D eigenvalue weighted by molar-refractivity contribution is 5.18. The first-order valence-corrected chi connectivity index (χ1v) is 6.23. The van der Waals surface area contributed by atoms with Gasteiger partial charge >= 0.3 is 6.18 Å². The van der Waals surface area contributed by atoms with E-state index in [2.05, 4.69) is 5.10 Å². The van der Waals surface area contributed by atoms with Gasteiger partial charge in [0.1, 0.15) is 0 Å². The minimum Gasteiger partial charge on any atom is -0.321 e. The Bertz CT molecular complexity index is 403. The van der Waals surface area contributed by atoms with Crippen LogP contribution >= 0.6 is 0 Å². The van der Waals surface area contributed by atoms with Crippen molar-refractivity contribution in [2.45, 2.75) is 50.9 Å². The fourth-order valence-corrected chi connectivity index (χ4v) is 2.54. The second-order valence-corrected chi connectivity index (χ2v) is 5.06. The molecule has 1 aliphatic rings. The number of halogens is 3. The zero-order chi connectivity index (χ0) is 13.4. The molecule has 2 rings (SSSR count). The minimum absolute atomic E-state index is 0.108. The van der Waals surface area contributed by atoms with Crippen molar-refractivity contribution in [2.24, 2.45) is 11.7 Å². The van der Waals surface area contributed by atoms with Crippen molar-refractivity contribution in [1.82, 2.24) is 9.78 Å². The van der Waals surface area contributed by atoms with Gasteiger partial charge in [-0.25, -0.2) is 0 Å². The first-order valence-electron chi connectivity index (χ1n) is 6.23. The van der Waals surface area contributed by atoms with E-state index in [0.29, 0.717) is 12.8 Å². The summed E-state index contributed by atoms with van der Waals surface area (Å²) in [5.74, 6) is -1.20. The van der Waals surface area contributed by atoms with Crippen LogP contribution in [0.25, 0.3) is 0 Å². The van der Waals surface area contributed by atoms with E-state index in [1.807, 2.05) is 13.1 Å². The van der Waals surface area contributed by atoms with Crippen molar-refractivity contribution in [3.05, 3.63) is 18.0 Å². The summed E-state index contributed by atoms with van der Waals surface area (Å²) in [6, 6.07) is 0.